The Labute approximate surface area is 192 Å². The maximum atomic E-state index is 14.4. The fourth-order valence-electron chi connectivity index (χ4n) is 3.49. The molecule has 0 spiro atoms. The van der Waals surface area contributed by atoms with Crippen molar-refractivity contribution in [3.05, 3.63) is 88.0 Å². The average molecular weight is 495 g/mol. The number of benzene rings is 2. The van der Waals surface area contributed by atoms with Gasteiger partial charge in [-0.1, -0.05) is 34.1 Å². The number of carbonyl (C=O) groups is 1. The van der Waals surface area contributed by atoms with Crippen LogP contribution in [0.2, 0.25) is 0 Å². The number of halogens is 2. The third kappa shape index (κ3) is 4.55. The molecule has 0 fully saturated rings. The van der Waals surface area contributed by atoms with Crippen LogP contribution in [0.3, 0.4) is 0 Å². The van der Waals surface area contributed by atoms with Crippen LogP contribution in [-0.4, -0.2) is 28.3 Å². The highest BCUT2D eigenvalue weighted by atomic mass is 79.9. The highest BCUT2D eigenvalue weighted by Crippen LogP contribution is 2.25. The molecule has 0 aliphatic carbocycles. The maximum absolute atomic E-state index is 14.4. The zero-order valence-corrected chi connectivity index (χ0v) is 19.1. The number of fused-ring (bicyclic) bond motifs is 1. The van der Waals surface area contributed by atoms with Crippen LogP contribution >= 0.6 is 15.9 Å². The Morgan fingerprint density at radius 3 is 2.84 bits per heavy atom. The van der Waals surface area contributed by atoms with Gasteiger partial charge in [0.15, 0.2) is 6.61 Å². The number of hydrogen-bond acceptors (Lipinski definition) is 4. The van der Waals surface area contributed by atoms with Crippen LogP contribution in [0.25, 0.3) is 16.6 Å². The minimum Gasteiger partial charge on any atom is -0.481 e. The summed E-state index contributed by atoms with van der Waals surface area (Å²) in [5.41, 5.74) is 6.02. The normalized spacial score (nSPS) is 11.2. The number of aromatic nitrogens is 2. The Balaban J connectivity index is 1.42. The van der Waals surface area contributed by atoms with E-state index in [4.69, 9.17) is 4.74 Å². The molecule has 0 bridgehead atoms. The minimum atomic E-state index is -0.401. The van der Waals surface area contributed by atoms with Gasteiger partial charge in [0.05, 0.1) is 11.9 Å². The maximum Gasteiger partial charge on any atom is 0.277 e. The molecule has 8 heteroatoms. The number of nitrogens with one attached hydrogen (secondary N) is 1. The van der Waals surface area contributed by atoms with Crippen molar-refractivity contribution >= 4 is 39.0 Å². The summed E-state index contributed by atoms with van der Waals surface area (Å²) >= 11 is 3.27. The molecule has 0 saturated carbocycles. The summed E-state index contributed by atoms with van der Waals surface area (Å²) in [6.45, 7) is 3.56. The predicted octanol–water partition coefficient (Wildman–Crippen LogP) is 5.07. The lowest BCUT2D eigenvalue weighted by Gasteiger charge is -2.11. The number of para-hydroxylation sites is 1. The number of rotatable bonds is 6. The first-order chi connectivity index (χ1) is 15.4. The highest BCUT2D eigenvalue weighted by Gasteiger charge is 2.13. The summed E-state index contributed by atoms with van der Waals surface area (Å²) in [6.07, 6.45) is 3.21. The number of amides is 1. The van der Waals surface area contributed by atoms with E-state index in [1.54, 1.807) is 24.4 Å². The average Bonchev–Trinajstić information content (AvgIpc) is 3.05. The monoisotopic (exact) mass is 494 g/mol. The zero-order chi connectivity index (χ0) is 22.7. The topological polar surface area (TPSA) is 68.5 Å². The molecule has 2 aromatic carbocycles. The van der Waals surface area contributed by atoms with E-state index in [2.05, 4.69) is 31.4 Å². The number of carbonyl (C=O) groups excluding carboxylic acids is 1. The van der Waals surface area contributed by atoms with Gasteiger partial charge in [-0.3, -0.25) is 9.78 Å². The molecule has 4 rings (SSSR count). The third-order valence-corrected chi connectivity index (χ3v) is 5.46. The molecule has 0 saturated heterocycles. The van der Waals surface area contributed by atoms with Gasteiger partial charge in [-0.25, -0.2) is 9.82 Å². The highest BCUT2D eigenvalue weighted by molar-refractivity contribution is 9.10. The van der Waals surface area contributed by atoms with E-state index in [-0.39, 0.29) is 12.4 Å². The number of ether oxygens (including phenoxy) is 1. The molecular formula is C24H20BrFN4O2. The molecule has 0 aliphatic heterocycles. The van der Waals surface area contributed by atoms with Crippen LogP contribution in [0, 0.1) is 19.7 Å². The van der Waals surface area contributed by atoms with E-state index in [0.29, 0.717) is 21.4 Å². The van der Waals surface area contributed by atoms with Gasteiger partial charge >= 0.3 is 0 Å². The number of pyridine rings is 1. The SMILES string of the molecule is Cc1cc(/C=N/NC(=O)COc2cccc3cccnc23)c(C)n1-c1ccc(Br)cc1F. The molecule has 32 heavy (non-hydrogen) atoms. The fourth-order valence-corrected chi connectivity index (χ4v) is 3.83. The Morgan fingerprint density at radius 2 is 2.03 bits per heavy atom. The van der Waals surface area contributed by atoms with Gasteiger partial charge in [0.2, 0.25) is 0 Å². The quantitative estimate of drug-likeness (QED) is 0.300. The Morgan fingerprint density at radius 1 is 1.22 bits per heavy atom. The molecule has 4 aromatic rings. The van der Waals surface area contributed by atoms with Crippen molar-refractivity contribution in [1.29, 1.82) is 0 Å². The van der Waals surface area contributed by atoms with E-state index in [0.717, 1.165) is 22.3 Å². The number of nitrogens with zero attached hydrogens (tertiary/aromatic N) is 3. The lowest BCUT2D eigenvalue weighted by molar-refractivity contribution is -0.123. The zero-order valence-electron chi connectivity index (χ0n) is 17.5. The van der Waals surface area contributed by atoms with Gasteiger partial charge in [-0.05, 0) is 50.2 Å². The number of hydrogen-bond donors (Lipinski definition) is 1. The van der Waals surface area contributed by atoms with Gasteiger partial charge in [-0.2, -0.15) is 5.10 Å². The summed E-state index contributed by atoms with van der Waals surface area (Å²) in [5, 5.41) is 4.96. The Bertz CT molecular complexity index is 1330. The number of hydrazone groups is 1. The summed E-state index contributed by atoms with van der Waals surface area (Å²) in [5.74, 6) is -0.206. The predicted molar refractivity (Wildman–Crippen MR) is 126 cm³/mol. The molecular weight excluding hydrogens is 475 g/mol. The molecule has 162 valence electrons. The van der Waals surface area contributed by atoms with Gasteiger partial charge in [-0.15, -0.1) is 0 Å². The van der Waals surface area contributed by atoms with Crippen molar-refractivity contribution < 1.29 is 13.9 Å². The molecule has 0 unspecified atom stereocenters. The first-order valence-corrected chi connectivity index (χ1v) is 10.7. The van der Waals surface area contributed by atoms with Gasteiger partial charge in [0, 0.05) is 33.0 Å². The van der Waals surface area contributed by atoms with Crippen LogP contribution in [-0.2, 0) is 4.79 Å². The van der Waals surface area contributed by atoms with Crippen molar-refractivity contribution in [1.82, 2.24) is 15.0 Å². The molecule has 1 N–H and O–H groups in total. The molecule has 2 heterocycles. The van der Waals surface area contributed by atoms with Crippen molar-refractivity contribution in [3.63, 3.8) is 0 Å². The summed E-state index contributed by atoms with van der Waals surface area (Å²) < 4.78 is 22.5. The number of aryl methyl sites for hydroxylation is 1. The summed E-state index contributed by atoms with van der Waals surface area (Å²) in [6, 6.07) is 16.1. The van der Waals surface area contributed by atoms with Crippen molar-refractivity contribution in [3.8, 4) is 11.4 Å². The largest absolute Gasteiger partial charge is 0.481 e. The first-order valence-electron chi connectivity index (χ1n) is 9.87. The van der Waals surface area contributed by atoms with Crippen LogP contribution in [0.5, 0.6) is 5.75 Å². The third-order valence-electron chi connectivity index (χ3n) is 4.97. The van der Waals surface area contributed by atoms with Gasteiger partial charge in [0.1, 0.15) is 17.1 Å². The Kier molecular flexibility index (Phi) is 6.32. The first kappa shape index (κ1) is 21.7. The second kappa shape index (κ2) is 9.32. The lowest BCUT2D eigenvalue weighted by atomic mass is 10.2. The van der Waals surface area contributed by atoms with Crippen LogP contribution < -0.4 is 10.2 Å². The fraction of sp³-hybridized carbons (Fsp3) is 0.125. The van der Waals surface area contributed by atoms with Crippen molar-refractivity contribution in [2.24, 2.45) is 5.10 Å². The molecule has 1 amide bonds. The van der Waals surface area contributed by atoms with Crippen molar-refractivity contribution in [2.75, 3.05) is 6.61 Å². The minimum absolute atomic E-state index is 0.198. The van der Waals surface area contributed by atoms with Gasteiger partial charge < -0.3 is 9.30 Å². The van der Waals surface area contributed by atoms with E-state index >= 15 is 0 Å². The van der Waals surface area contributed by atoms with Crippen LogP contribution in [0.15, 0.2) is 70.4 Å². The van der Waals surface area contributed by atoms with Crippen molar-refractivity contribution in [2.45, 2.75) is 13.8 Å². The van der Waals surface area contributed by atoms with E-state index in [1.165, 1.54) is 12.3 Å². The van der Waals surface area contributed by atoms with Crippen LogP contribution in [0.1, 0.15) is 17.0 Å². The van der Waals surface area contributed by atoms with E-state index in [9.17, 15) is 9.18 Å². The smallest absolute Gasteiger partial charge is 0.277 e. The second-order valence-corrected chi connectivity index (χ2v) is 8.09. The molecule has 0 aliphatic rings. The molecule has 2 aromatic heterocycles. The second-order valence-electron chi connectivity index (χ2n) is 7.17. The molecule has 0 radical (unpaired) electrons. The molecule has 6 nitrogen and oxygen atoms in total. The lowest BCUT2D eigenvalue weighted by Crippen LogP contribution is -2.24. The summed E-state index contributed by atoms with van der Waals surface area (Å²) in [4.78, 5) is 16.5. The van der Waals surface area contributed by atoms with Gasteiger partial charge in [0.25, 0.3) is 5.91 Å². The standard InChI is InChI=1S/C24H20BrFN4O2/c1-15-11-18(16(2)30(15)21-9-8-19(25)12-20(21)26)13-28-29-23(31)14-32-22-7-3-5-17-6-4-10-27-24(17)22/h3-13H,14H2,1-2H3,(H,29,31)/b28-13+. The van der Waals surface area contributed by atoms with E-state index < -0.39 is 5.91 Å². The molecule has 0 atom stereocenters. The Hall–Kier alpha value is -3.52. The summed E-state index contributed by atoms with van der Waals surface area (Å²) in [7, 11) is 0. The van der Waals surface area contributed by atoms with E-state index in [1.807, 2.05) is 48.7 Å². The van der Waals surface area contributed by atoms with Crippen LogP contribution in [0.4, 0.5) is 4.39 Å².